The van der Waals surface area contributed by atoms with Crippen LogP contribution in [0.5, 0.6) is 0 Å². The highest BCUT2D eigenvalue weighted by atomic mass is 16.5. The molecule has 1 unspecified atom stereocenters. The van der Waals surface area contributed by atoms with Gasteiger partial charge in [-0.25, -0.2) is 0 Å². The quantitative estimate of drug-likeness (QED) is 0.692. The summed E-state index contributed by atoms with van der Waals surface area (Å²) in [7, 11) is 1.65. The lowest BCUT2D eigenvalue weighted by Gasteiger charge is -2.17. The van der Waals surface area contributed by atoms with Gasteiger partial charge in [0.2, 0.25) is 11.8 Å². The van der Waals surface area contributed by atoms with E-state index in [0.717, 1.165) is 17.8 Å². The minimum atomic E-state index is -0.275. The summed E-state index contributed by atoms with van der Waals surface area (Å²) in [6, 6.07) is 7.80. The SMILES string of the molecule is COCCNCCNC(=O)C1CC(=O)N(c2ccc(C)cc2)C1. The molecular weight excluding hydrogens is 294 g/mol. The predicted molar refractivity (Wildman–Crippen MR) is 89.4 cm³/mol. The Labute approximate surface area is 137 Å². The van der Waals surface area contributed by atoms with Crippen molar-refractivity contribution in [1.29, 1.82) is 0 Å². The molecule has 1 atom stereocenters. The Morgan fingerprint density at radius 1 is 1.26 bits per heavy atom. The van der Waals surface area contributed by atoms with E-state index >= 15 is 0 Å². The number of carbonyl (C=O) groups excluding carboxylic acids is 2. The van der Waals surface area contributed by atoms with Gasteiger partial charge in [0.15, 0.2) is 0 Å². The number of nitrogens with zero attached hydrogens (tertiary/aromatic N) is 1. The third kappa shape index (κ3) is 5.04. The fourth-order valence-corrected chi connectivity index (χ4v) is 2.58. The summed E-state index contributed by atoms with van der Waals surface area (Å²) in [6.07, 6.45) is 0.275. The van der Waals surface area contributed by atoms with Gasteiger partial charge in [0, 0.05) is 45.4 Å². The number of nitrogens with one attached hydrogen (secondary N) is 2. The molecule has 2 N–H and O–H groups in total. The molecule has 0 spiro atoms. The van der Waals surface area contributed by atoms with E-state index in [4.69, 9.17) is 4.74 Å². The number of hydrogen-bond donors (Lipinski definition) is 2. The lowest BCUT2D eigenvalue weighted by molar-refractivity contribution is -0.126. The molecule has 0 radical (unpaired) electrons. The number of hydrogen-bond acceptors (Lipinski definition) is 4. The summed E-state index contributed by atoms with van der Waals surface area (Å²) in [5, 5.41) is 6.05. The fourth-order valence-electron chi connectivity index (χ4n) is 2.58. The Bertz CT molecular complexity index is 530. The van der Waals surface area contributed by atoms with Gasteiger partial charge < -0.3 is 20.3 Å². The molecule has 6 heteroatoms. The smallest absolute Gasteiger partial charge is 0.227 e. The van der Waals surface area contributed by atoms with Gasteiger partial charge in [-0.15, -0.1) is 0 Å². The van der Waals surface area contributed by atoms with E-state index in [1.807, 2.05) is 31.2 Å². The molecule has 0 saturated carbocycles. The average Bonchev–Trinajstić information content (AvgIpc) is 2.93. The van der Waals surface area contributed by atoms with Crippen molar-refractivity contribution < 1.29 is 14.3 Å². The summed E-state index contributed by atoms with van der Waals surface area (Å²) in [6.45, 7) is 5.11. The summed E-state index contributed by atoms with van der Waals surface area (Å²) < 4.78 is 4.93. The standard InChI is InChI=1S/C17H25N3O3/c1-13-3-5-15(6-4-13)20-12-14(11-16(20)21)17(22)19-8-7-18-9-10-23-2/h3-6,14,18H,7-12H2,1-2H3,(H,19,22). The number of benzene rings is 1. The molecule has 1 aromatic rings. The van der Waals surface area contributed by atoms with E-state index in [2.05, 4.69) is 10.6 Å². The lowest BCUT2D eigenvalue weighted by Crippen LogP contribution is -2.37. The average molecular weight is 319 g/mol. The molecule has 0 bridgehead atoms. The Hall–Kier alpha value is -1.92. The molecule has 0 aliphatic carbocycles. The van der Waals surface area contributed by atoms with E-state index in [0.29, 0.717) is 26.2 Å². The van der Waals surface area contributed by atoms with Gasteiger partial charge in [0.25, 0.3) is 0 Å². The molecule has 0 aromatic heterocycles. The highest BCUT2D eigenvalue weighted by Gasteiger charge is 2.34. The molecule has 1 heterocycles. The van der Waals surface area contributed by atoms with Gasteiger partial charge >= 0.3 is 0 Å². The monoisotopic (exact) mass is 319 g/mol. The van der Waals surface area contributed by atoms with E-state index < -0.39 is 0 Å². The van der Waals surface area contributed by atoms with Crippen LogP contribution in [0, 0.1) is 12.8 Å². The number of carbonyl (C=O) groups is 2. The summed E-state index contributed by atoms with van der Waals surface area (Å²) in [4.78, 5) is 26.0. The Balaban J connectivity index is 1.77. The topological polar surface area (TPSA) is 70.7 Å². The molecule has 1 aliphatic rings. The summed E-state index contributed by atoms with van der Waals surface area (Å²) >= 11 is 0. The highest BCUT2D eigenvalue weighted by molar-refractivity contribution is 6.00. The van der Waals surface area contributed by atoms with Crippen molar-refractivity contribution in [2.45, 2.75) is 13.3 Å². The normalized spacial score (nSPS) is 17.6. The first-order chi connectivity index (χ1) is 11.1. The predicted octanol–water partition coefficient (Wildman–Crippen LogP) is 0.700. The first kappa shape index (κ1) is 17.4. The van der Waals surface area contributed by atoms with Gasteiger partial charge in [0.05, 0.1) is 12.5 Å². The number of anilines is 1. The van der Waals surface area contributed by atoms with Crippen LogP contribution in [-0.4, -0.2) is 51.7 Å². The Morgan fingerprint density at radius 2 is 2.00 bits per heavy atom. The van der Waals surface area contributed by atoms with Crippen LogP contribution in [0.2, 0.25) is 0 Å². The molecule has 23 heavy (non-hydrogen) atoms. The maximum Gasteiger partial charge on any atom is 0.227 e. The molecule has 126 valence electrons. The second kappa shape index (κ2) is 8.64. The zero-order chi connectivity index (χ0) is 16.7. The van der Waals surface area contributed by atoms with Crippen molar-refractivity contribution >= 4 is 17.5 Å². The van der Waals surface area contributed by atoms with Crippen molar-refractivity contribution in [2.24, 2.45) is 5.92 Å². The van der Waals surface area contributed by atoms with E-state index in [1.54, 1.807) is 12.0 Å². The van der Waals surface area contributed by atoms with Crippen molar-refractivity contribution in [2.75, 3.05) is 44.8 Å². The maximum absolute atomic E-state index is 12.2. The van der Waals surface area contributed by atoms with Gasteiger partial charge in [-0.2, -0.15) is 0 Å². The molecule has 2 amide bonds. The zero-order valence-corrected chi connectivity index (χ0v) is 13.8. The lowest BCUT2D eigenvalue weighted by atomic mass is 10.1. The van der Waals surface area contributed by atoms with Crippen LogP contribution in [0.25, 0.3) is 0 Å². The van der Waals surface area contributed by atoms with Gasteiger partial charge in [-0.05, 0) is 19.1 Å². The van der Waals surface area contributed by atoms with Crippen molar-refractivity contribution in [3.05, 3.63) is 29.8 Å². The summed E-state index contributed by atoms with van der Waals surface area (Å²) in [5.74, 6) is -0.323. The highest BCUT2D eigenvalue weighted by Crippen LogP contribution is 2.25. The van der Waals surface area contributed by atoms with Crippen molar-refractivity contribution in [3.8, 4) is 0 Å². The van der Waals surface area contributed by atoms with Crippen LogP contribution in [0.4, 0.5) is 5.69 Å². The largest absolute Gasteiger partial charge is 0.383 e. The molecular formula is C17H25N3O3. The van der Waals surface area contributed by atoms with Crippen LogP contribution in [0.1, 0.15) is 12.0 Å². The van der Waals surface area contributed by atoms with Crippen LogP contribution in [0.3, 0.4) is 0 Å². The first-order valence-corrected chi connectivity index (χ1v) is 7.96. The van der Waals surface area contributed by atoms with Crippen LogP contribution in [0.15, 0.2) is 24.3 Å². The molecule has 1 aliphatic heterocycles. The zero-order valence-electron chi connectivity index (χ0n) is 13.8. The second-order valence-electron chi connectivity index (χ2n) is 5.77. The van der Waals surface area contributed by atoms with Crippen molar-refractivity contribution in [1.82, 2.24) is 10.6 Å². The van der Waals surface area contributed by atoms with E-state index in [-0.39, 0.29) is 24.2 Å². The maximum atomic E-state index is 12.2. The van der Waals surface area contributed by atoms with E-state index in [1.165, 1.54) is 0 Å². The number of rotatable bonds is 8. The number of amides is 2. The molecule has 1 aromatic carbocycles. The molecule has 2 rings (SSSR count). The molecule has 1 saturated heterocycles. The van der Waals surface area contributed by atoms with Gasteiger partial charge in [-0.1, -0.05) is 17.7 Å². The fraction of sp³-hybridized carbons (Fsp3) is 0.529. The molecule has 6 nitrogen and oxygen atoms in total. The Kier molecular flexibility index (Phi) is 6.55. The van der Waals surface area contributed by atoms with Crippen LogP contribution < -0.4 is 15.5 Å². The minimum Gasteiger partial charge on any atom is -0.383 e. The third-order valence-electron chi connectivity index (χ3n) is 3.93. The third-order valence-corrected chi connectivity index (χ3v) is 3.93. The second-order valence-corrected chi connectivity index (χ2v) is 5.77. The van der Waals surface area contributed by atoms with Gasteiger partial charge in [-0.3, -0.25) is 9.59 Å². The number of methoxy groups -OCH3 is 1. The Morgan fingerprint density at radius 3 is 2.70 bits per heavy atom. The first-order valence-electron chi connectivity index (χ1n) is 7.96. The minimum absolute atomic E-state index is 0.00669. The number of aryl methyl sites for hydroxylation is 1. The van der Waals surface area contributed by atoms with Gasteiger partial charge in [0.1, 0.15) is 0 Å². The van der Waals surface area contributed by atoms with Crippen LogP contribution in [-0.2, 0) is 14.3 Å². The van der Waals surface area contributed by atoms with Crippen LogP contribution >= 0.6 is 0 Å². The van der Waals surface area contributed by atoms with Crippen molar-refractivity contribution in [3.63, 3.8) is 0 Å². The number of ether oxygens (including phenoxy) is 1. The molecule has 1 fully saturated rings. The summed E-state index contributed by atoms with van der Waals surface area (Å²) in [5.41, 5.74) is 2.01. The van der Waals surface area contributed by atoms with E-state index in [9.17, 15) is 9.59 Å².